The molecule has 0 fully saturated rings. The largest absolute Gasteiger partial charge is 0.448 e. The van der Waals surface area contributed by atoms with Crippen molar-refractivity contribution in [3.8, 4) is 11.1 Å². The van der Waals surface area contributed by atoms with Crippen LogP contribution < -0.4 is 10.9 Å². The second-order valence-corrected chi connectivity index (χ2v) is 8.09. The van der Waals surface area contributed by atoms with Crippen LogP contribution in [0.4, 0.5) is 10.1 Å². The SMILES string of the molecule is CC(OC(=O)c1c(-c2ccc(Cl)cc2)c2ccccc2c(=O)n1C)C(=O)Nc1ccccc1F. The molecule has 1 N–H and O–H groups in total. The average molecular weight is 479 g/mol. The van der Waals surface area contributed by atoms with Crippen LogP contribution in [-0.4, -0.2) is 22.5 Å². The summed E-state index contributed by atoms with van der Waals surface area (Å²) >= 11 is 6.04. The van der Waals surface area contributed by atoms with Crippen LogP contribution in [0.5, 0.6) is 0 Å². The Morgan fingerprint density at radius 2 is 1.59 bits per heavy atom. The predicted molar refractivity (Wildman–Crippen MR) is 130 cm³/mol. The fraction of sp³-hybridized carbons (Fsp3) is 0.115. The normalized spacial score (nSPS) is 11.8. The zero-order chi connectivity index (χ0) is 24.4. The first kappa shape index (κ1) is 23.2. The number of para-hydroxylation sites is 1. The van der Waals surface area contributed by atoms with Crippen LogP contribution >= 0.6 is 11.6 Å². The predicted octanol–water partition coefficient (Wildman–Crippen LogP) is 5.18. The number of carbonyl (C=O) groups is 2. The van der Waals surface area contributed by atoms with E-state index in [-0.39, 0.29) is 16.9 Å². The number of fused-ring (bicyclic) bond motifs is 1. The Labute approximate surface area is 199 Å². The van der Waals surface area contributed by atoms with Crippen molar-refractivity contribution < 1.29 is 18.7 Å². The van der Waals surface area contributed by atoms with E-state index in [2.05, 4.69) is 5.32 Å². The second-order valence-electron chi connectivity index (χ2n) is 7.66. The summed E-state index contributed by atoms with van der Waals surface area (Å²) in [5, 5.41) is 3.90. The topological polar surface area (TPSA) is 77.4 Å². The van der Waals surface area contributed by atoms with Gasteiger partial charge in [0.1, 0.15) is 11.5 Å². The van der Waals surface area contributed by atoms with Crippen LogP contribution in [0.15, 0.2) is 77.6 Å². The highest BCUT2D eigenvalue weighted by molar-refractivity contribution is 6.30. The van der Waals surface area contributed by atoms with Gasteiger partial charge in [0.05, 0.1) is 5.69 Å². The highest BCUT2D eigenvalue weighted by Gasteiger charge is 2.26. The number of benzene rings is 3. The van der Waals surface area contributed by atoms with Crippen LogP contribution in [0.25, 0.3) is 21.9 Å². The number of halogens is 2. The van der Waals surface area contributed by atoms with Crippen LogP contribution in [-0.2, 0) is 16.6 Å². The van der Waals surface area contributed by atoms with Crippen molar-refractivity contribution in [2.45, 2.75) is 13.0 Å². The van der Waals surface area contributed by atoms with Crippen LogP contribution in [0, 0.1) is 5.82 Å². The molecule has 3 aromatic carbocycles. The number of amides is 1. The molecule has 34 heavy (non-hydrogen) atoms. The first-order valence-electron chi connectivity index (χ1n) is 10.4. The third-order valence-electron chi connectivity index (χ3n) is 5.41. The number of hydrogen-bond donors (Lipinski definition) is 1. The molecular formula is C26H20ClFN2O4. The molecule has 8 heteroatoms. The van der Waals surface area contributed by atoms with Crippen LogP contribution in [0.3, 0.4) is 0 Å². The van der Waals surface area contributed by atoms with Gasteiger partial charge in [-0.05, 0) is 48.2 Å². The van der Waals surface area contributed by atoms with Gasteiger partial charge in [-0.15, -0.1) is 0 Å². The second kappa shape index (κ2) is 9.49. The first-order valence-corrected chi connectivity index (χ1v) is 10.8. The van der Waals surface area contributed by atoms with Gasteiger partial charge in [-0.3, -0.25) is 9.59 Å². The number of hydrogen-bond acceptors (Lipinski definition) is 4. The molecule has 1 aromatic heterocycles. The Morgan fingerprint density at radius 1 is 0.971 bits per heavy atom. The molecule has 0 saturated heterocycles. The highest BCUT2D eigenvalue weighted by atomic mass is 35.5. The molecule has 0 aliphatic carbocycles. The molecule has 1 atom stereocenters. The molecule has 1 unspecified atom stereocenters. The number of ether oxygens (including phenoxy) is 1. The zero-order valence-corrected chi connectivity index (χ0v) is 19.1. The minimum Gasteiger partial charge on any atom is -0.448 e. The summed E-state index contributed by atoms with van der Waals surface area (Å²) in [5.41, 5.74) is 0.684. The van der Waals surface area contributed by atoms with E-state index in [1.165, 1.54) is 36.7 Å². The quantitative estimate of drug-likeness (QED) is 0.401. The van der Waals surface area contributed by atoms with Crippen molar-refractivity contribution in [1.29, 1.82) is 0 Å². The van der Waals surface area contributed by atoms with E-state index in [4.69, 9.17) is 16.3 Å². The molecule has 0 radical (unpaired) electrons. The molecule has 172 valence electrons. The van der Waals surface area contributed by atoms with Gasteiger partial charge in [-0.2, -0.15) is 0 Å². The lowest BCUT2D eigenvalue weighted by molar-refractivity contribution is -0.123. The number of nitrogens with one attached hydrogen (secondary N) is 1. The summed E-state index contributed by atoms with van der Waals surface area (Å²) in [6.07, 6.45) is -1.26. The molecule has 0 spiro atoms. The Bertz CT molecular complexity index is 1460. The zero-order valence-electron chi connectivity index (χ0n) is 18.3. The lowest BCUT2D eigenvalue weighted by atomic mass is 9.96. The smallest absolute Gasteiger partial charge is 0.356 e. The molecular weight excluding hydrogens is 459 g/mol. The number of aromatic nitrogens is 1. The summed E-state index contributed by atoms with van der Waals surface area (Å²) in [7, 11) is 1.47. The maximum atomic E-state index is 13.9. The van der Waals surface area contributed by atoms with E-state index >= 15 is 0 Å². The van der Waals surface area contributed by atoms with Gasteiger partial charge in [0, 0.05) is 23.0 Å². The summed E-state index contributed by atoms with van der Waals surface area (Å²) in [4.78, 5) is 38.8. The number of rotatable bonds is 5. The Morgan fingerprint density at radius 3 is 2.26 bits per heavy atom. The van der Waals surface area contributed by atoms with E-state index in [1.54, 1.807) is 54.6 Å². The van der Waals surface area contributed by atoms with Crippen LogP contribution in [0.1, 0.15) is 17.4 Å². The summed E-state index contributed by atoms with van der Waals surface area (Å²) < 4.78 is 20.5. The van der Waals surface area contributed by atoms with E-state index < -0.39 is 23.8 Å². The fourth-order valence-electron chi connectivity index (χ4n) is 3.68. The van der Waals surface area contributed by atoms with Gasteiger partial charge in [0.25, 0.3) is 11.5 Å². The molecule has 0 aliphatic heterocycles. The van der Waals surface area contributed by atoms with Gasteiger partial charge in [-0.25, -0.2) is 9.18 Å². The van der Waals surface area contributed by atoms with Crippen LogP contribution in [0.2, 0.25) is 5.02 Å². The maximum absolute atomic E-state index is 13.9. The minimum absolute atomic E-state index is 0.0171. The monoisotopic (exact) mass is 478 g/mol. The first-order chi connectivity index (χ1) is 16.3. The Kier molecular flexibility index (Phi) is 6.47. The molecule has 1 heterocycles. The molecule has 0 bridgehead atoms. The van der Waals surface area contributed by atoms with Crippen molar-refractivity contribution >= 4 is 39.9 Å². The summed E-state index contributed by atoms with van der Waals surface area (Å²) in [6, 6.07) is 19.4. The third kappa shape index (κ3) is 4.43. The number of carbonyl (C=O) groups excluding carboxylic acids is 2. The number of anilines is 1. The van der Waals surface area contributed by atoms with E-state index in [1.807, 2.05) is 0 Å². The van der Waals surface area contributed by atoms with Gasteiger partial charge >= 0.3 is 5.97 Å². The maximum Gasteiger partial charge on any atom is 0.356 e. The highest BCUT2D eigenvalue weighted by Crippen LogP contribution is 2.32. The fourth-order valence-corrected chi connectivity index (χ4v) is 3.81. The molecule has 4 rings (SSSR count). The van der Waals surface area contributed by atoms with Crippen molar-refractivity contribution in [3.05, 3.63) is 99.7 Å². The Balaban J connectivity index is 1.75. The van der Waals surface area contributed by atoms with E-state index in [9.17, 15) is 18.8 Å². The molecule has 6 nitrogen and oxygen atoms in total. The Hall–Kier alpha value is -3.97. The van der Waals surface area contributed by atoms with Gasteiger partial charge in [0.2, 0.25) is 0 Å². The third-order valence-corrected chi connectivity index (χ3v) is 5.67. The number of esters is 1. The van der Waals surface area contributed by atoms with Crippen molar-refractivity contribution in [2.75, 3.05) is 5.32 Å². The molecule has 0 saturated carbocycles. The lowest BCUT2D eigenvalue weighted by Crippen LogP contribution is -2.33. The average Bonchev–Trinajstić information content (AvgIpc) is 2.83. The van der Waals surface area contributed by atoms with Crippen molar-refractivity contribution in [2.24, 2.45) is 7.05 Å². The number of pyridine rings is 1. The van der Waals surface area contributed by atoms with Gasteiger partial charge in [0.15, 0.2) is 6.10 Å². The molecule has 1 amide bonds. The van der Waals surface area contributed by atoms with E-state index in [0.717, 1.165) is 0 Å². The number of nitrogens with zero attached hydrogens (tertiary/aromatic N) is 1. The summed E-state index contributed by atoms with van der Waals surface area (Å²) in [6.45, 7) is 1.37. The van der Waals surface area contributed by atoms with Crippen molar-refractivity contribution in [1.82, 2.24) is 4.57 Å². The van der Waals surface area contributed by atoms with E-state index in [0.29, 0.717) is 26.9 Å². The van der Waals surface area contributed by atoms with Crippen molar-refractivity contribution in [3.63, 3.8) is 0 Å². The standard InChI is InChI=1S/C26H20ClFN2O4/c1-15(24(31)29-21-10-6-5-9-20(21)28)34-26(33)23-22(16-11-13-17(27)14-12-16)18-7-3-4-8-19(18)25(32)30(23)2/h3-15H,1-2H3,(H,29,31). The molecule has 4 aromatic rings. The minimum atomic E-state index is -1.26. The van der Waals surface area contributed by atoms with Gasteiger partial charge < -0.3 is 14.6 Å². The lowest BCUT2D eigenvalue weighted by Gasteiger charge is -2.19. The van der Waals surface area contributed by atoms with Gasteiger partial charge in [-0.1, -0.05) is 54.1 Å². The summed E-state index contributed by atoms with van der Waals surface area (Å²) in [5.74, 6) is -2.19. The molecule has 0 aliphatic rings.